The van der Waals surface area contributed by atoms with Gasteiger partial charge < -0.3 is 9.32 Å². The molecule has 0 saturated carbocycles. The highest BCUT2D eigenvalue weighted by molar-refractivity contribution is 7.99. The van der Waals surface area contributed by atoms with Crippen LogP contribution in [0, 0.1) is 0 Å². The topological polar surface area (TPSA) is 59.2 Å². The van der Waals surface area contributed by atoms with Crippen LogP contribution in [0.15, 0.2) is 27.8 Å². The van der Waals surface area contributed by atoms with E-state index in [-0.39, 0.29) is 5.91 Å². The summed E-state index contributed by atoms with van der Waals surface area (Å²) in [6.07, 6.45) is 4.56. The molecule has 2 aromatic rings. The van der Waals surface area contributed by atoms with Gasteiger partial charge in [0.25, 0.3) is 5.22 Å². The Kier molecular flexibility index (Phi) is 6.03. The third-order valence-corrected chi connectivity index (χ3v) is 5.20. The molecule has 2 heterocycles. The van der Waals surface area contributed by atoms with Gasteiger partial charge in [0, 0.05) is 18.1 Å². The first-order valence-electron chi connectivity index (χ1n) is 7.83. The molecule has 1 fully saturated rings. The fraction of sp³-hybridized carbons (Fsp3) is 0.438. The molecule has 1 aliphatic rings. The largest absolute Gasteiger partial charge is 0.411 e. The average molecular weight is 386 g/mol. The van der Waals surface area contributed by atoms with E-state index in [1.54, 1.807) is 18.2 Å². The van der Waals surface area contributed by atoms with E-state index in [1.807, 2.05) is 4.90 Å². The molecule has 0 spiro atoms. The Bertz CT molecular complexity index is 715. The number of likely N-dealkylation sites (tertiary alicyclic amines) is 1. The van der Waals surface area contributed by atoms with Crippen LogP contribution >= 0.6 is 35.0 Å². The lowest BCUT2D eigenvalue weighted by molar-refractivity contribution is -0.128. The fourth-order valence-electron chi connectivity index (χ4n) is 2.57. The highest BCUT2D eigenvalue weighted by Gasteiger charge is 2.18. The predicted molar refractivity (Wildman–Crippen MR) is 95.5 cm³/mol. The van der Waals surface area contributed by atoms with Gasteiger partial charge in [0.15, 0.2) is 0 Å². The number of thioether (sulfide) groups is 1. The van der Waals surface area contributed by atoms with Crippen LogP contribution in [-0.4, -0.2) is 39.8 Å². The summed E-state index contributed by atoms with van der Waals surface area (Å²) in [7, 11) is 0. The van der Waals surface area contributed by atoms with E-state index in [4.69, 9.17) is 27.6 Å². The lowest BCUT2D eigenvalue weighted by atomic mass is 10.2. The molecule has 3 rings (SSSR count). The van der Waals surface area contributed by atoms with E-state index in [0.29, 0.717) is 32.5 Å². The Morgan fingerprint density at radius 2 is 1.92 bits per heavy atom. The van der Waals surface area contributed by atoms with Crippen LogP contribution in [0.4, 0.5) is 0 Å². The Morgan fingerprint density at radius 1 is 1.17 bits per heavy atom. The minimum absolute atomic E-state index is 0.117. The number of nitrogens with zero attached hydrogens (tertiary/aromatic N) is 3. The molecule has 1 amide bonds. The second-order valence-electron chi connectivity index (χ2n) is 5.58. The Morgan fingerprint density at radius 3 is 2.62 bits per heavy atom. The van der Waals surface area contributed by atoms with Gasteiger partial charge in [0.2, 0.25) is 11.8 Å². The molecular weight excluding hydrogens is 369 g/mol. The second kappa shape index (κ2) is 8.23. The molecule has 1 aliphatic heterocycles. The molecule has 0 aliphatic carbocycles. The van der Waals surface area contributed by atoms with E-state index in [9.17, 15) is 4.79 Å². The van der Waals surface area contributed by atoms with Crippen LogP contribution in [0.3, 0.4) is 0 Å². The van der Waals surface area contributed by atoms with Crippen LogP contribution in [0.25, 0.3) is 11.5 Å². The normalized spacial score (nSPS) is 15.3. The van der Waals surface area contributed by atoms with Crippen molar-refractivity contribution in [3.8, 4) is 11.5 Å². The highest BCUT2D eigenvalue weighted by atomic mass is 35.5. The first kappa shape index (κ1) is 17.6. The number of hydrogen-bond donors (Lipinski definition) is 0. The minimum atomic E-state index is 0.117. The molecule has 1 aromatic heterocycles. The van der Waals surface area contributed by atoms with Crippen molar-refractivity contribution in [3.05, 3.63) is 28.2 Å². The summed E-state index contributed by atoms with van der Waals surface area (Å²) in [5.41, 5.74) is 0.624. The zero-order valence-corrected chi connectivity index (χ0v) is 15.3. The molecule has 5 nitrogen and oxygen atoms in total. The number of carbonyl (C=O) groups is 1. The van der Waals surface area contributed by atoms with Crippen molar-refractivity contribution in [2.75, 3.05) is 18.8 Å². The van der Waals surface area contributed by atoms with Crippen molar-refractivity contribution < 1.29 is 9.21 Å². The Hall–Kier alpha value is -1.24. The maximum absolute atomic E-state index is 12.3. The van der Waals surface area contributed by atoms with Gasteiger partial charge in [-0.1, -0.05) is 47.8 Å². The minimum Gasteiger partial charge on any atom is -0.411 e. The molecule has 1 saturated heterocycles. The summed E-state index contributed by atoms with van der Waals surface area (Å²) in [5.74, 6) is 0.739. The van der Waals surface area contributed by atoms with Crippen molar-refractivity contribution in [2.24, 2.45) is 0 Å². The number of aromatic nitrogens is 2. The lowest BCUT2D eigenvalue weighted by Gasteiger charge is -2.19. The molecule has 24 heavy (non-hydrogen) atoms. The standard InChI is InChI=1S/C16H17Cl2N3O2S/c17-11-5-6-12(13(18)9-11)15-19-20-16(23-15)24-10-14(22)21-7-3-1-2-4-8-21/h5-6,9H,1-4,7-8,10H2. The average Bonchev–Trinajstić information content (AvgIpc) is 2.85. The van der Waals surface area contributed by atoms with E-state index in [2.05, 4.69) is 10.2 Å². The first-order chi connectivity index (χ1) is 11.6. The predicted octanol–water partition coefficient (Wildman–Crippen LogP) is 4.54. The quantitative estimate of drug-likeness (QED) is 0.723. The molecule has 0 unspecified atom stereocenters. The molecule has 8 heteroatoms. The number of hydrogen-bond acceptors (Lipinski definition) is 5. The molecule has 0 atom stereocenters. The van der Waals surface area contributed by atoms with Gasteiger partial charge in [-0.15, -0.1) is 10.2 Å². The van der Waals surface area contributed by atoms with Gasteiger partial charge >= 0.3 is 0 Å². The number of halogens is 2. The van der Waals surface area contributed by atoms with Gasteiger partial charge in [-0.2, -0.15) is 0 Å². The van der Waals surface area contributed by atoms with Crippen molar-refractivity contribution in [2.45, 2.75) is 30.9 Å². The number of amides is 1. The number of carbonyl (C=O) groups excluding carboxylic acids is 1. The van der Waals surface area contributed by atoms with Crippen molar-refractivity contribution in [3.63, 3.8) is 0 Å². The van der Waals surface area contributed by atoms with Gasteiger partial charge in [-0.3, -0.25) is 4.79 Å². The molecule has 0 bridgehead atoms. The Balaban J connectivity index is 1.60. The van der Waals surface area contributed by atoms with Crippen LogP contribution < -0.4 is 0 Å². The third kappa shape index (κ3) is 4.43. The second-order valence-corrected chi connectivity index (χ2v) is 7.35. The van der Waals surface area contributed by atoms with E-state index in [1.165, 1.54) is 24.6 Å². The molecule has 128 valence electrons. The first-order valence-corrected chi connectivity index (χ1v) is 9.57. The monoisotopic (exact) mass is 385 g/mol. The zero-order valence-electron chi connectivity index (χ0n) is 13.0. The van der Waals surface area contributed by atoms with Crippen LogP contribution in [-0.2, 0) is 4.79 Å². The summed E-state index contributed by atoms with van der Waals surface area (Å²) in [6, 6.07) is 5.07. The third-order valence-electron chi connectivity index (χ3n) is 3.85. The van der Waals surface area contributed by atoms with Gasteiger partial charge in [-0.05, 0) is 31.0 Å². The Labute approximate surface area is 154 Å². The van der Waals surface area contributed by atoms with Crippen LogP contribution in [0.1, 0.15) is 25.7 Å². The van der Waals surface area contributed by atoms with Gasteiger partial charge in [-0.25, -0.2) is 0 Å². The molecular formula is C16H17Cl2N3O2S. The summed E-state index contributed by atoms with van der Waals surface area (Å²) in [4.78, 5) is 14.2. The SMILES string of the molecule is O=C(CSc1nnc(-c2ccc(Cl)cc2Cl)o1)N1CCCCCC1. The molecule has 0 N–H and O–H groups in total. The van der Waals surface area contributed by atoms with Crippen molar-refractivity contribution in [1.29, 1.82) is 0 Å². The maximum atomic E-state index is 12.3. The van der Waals surface area contributed by atoms with Crippen molar-refractivity contribution >= 4 is 40.9 Å². The summed E-state index contributed by atoms with van der Waals surface area (Å²) < 4.78 is 5.60. The number of rotatable bonds is 4. The number of benzene rings is 1. The molecule has 0 radical (unpaired) electrons. The summed E-state index contributed by atoms with van der Waals surface area (Å²) in [5, 5.41) is 9.32. The lowest BCUT2D eigenvalue weighted by Crippen LogP contribution is -2.33. The van der Waals surface area contributed by atoms with Crippen molar-refractivity contribution in [1.82, 2.24) is 15.1 Å². The maximum Gasteiger partial charge on any atom is 0.277 e. The van der Waals surface area contributed by atoms with Crippen LogP contribution in [0.2, 0.25) is 10.0 Å². The van der Waals surface area contributed by atoms with E-state index < -0.39 is 0 Å². The van der Waals surface area contributed by atoms with E-state index >= 15 is 0 Å². The van der Waals surface area contributed by atoms with Gasteiger partial charge in [0.05, 0.1) is 16.3 Å². The zero-order chi connectivity index (χ0) is 16.9. The highest BCUT2D eigenvalue weighted by Crippen LogP contribution is 2.31. The summed E-state index contributed by atoms with van der Waals surface area (Å²) >= 11 is 13.3. The smallest absolute Gasteiger partial charge is 0.277 e. The molecule has 1 aromatic carbocycles. The van der Waals surface area contributed by atoms with Crippen LogP contribution in [0.5, 0.6) is 0 Å². The summed E-state index contributed by atoms with van der Waals surface area (Å²) in [6.45, 7) is 1.68. The van der Waals surface area contributed by atoms with Gasteiger partial charge in [0.1, 0.15) is 0 Å². The van der Waals surface area contributed by atoms with E-state index in [0.717, 1.165) is 25.9 Å². The fourth-order valence-corrected chi connectivity index (χ4v) is 3.73.